The van der Waals surface area contributed by atoms with Gasteiger partial charge in [0.25, 0.3) is 0 Å². The summed E-state index contributed by atoms with van der Waals surface area (Å²) in [5, 5.41) is 2.53. The number of halogens is 3. The summed E-state index contributed by atoms with van der Waals surface area (Å²) >= 11 is 0. The van der Waals surface area contributed by atoms with Crippen molar-refractivity contribution in [1.29, 1.82) is 0 Å². The van der Waals surface area contributed by atoms with Crippen molar-refractivity contribution in [2.75, 3.05) is 17.6 Å². The van der Waals surface area contributed by atoms with Gasteiger partial charge in [0.05, 0.1) is 11.4 Å². The van der Waals surface area contributed by atoms with Gasteiger partial charge in [0.15, 0.2) is 0 Å². The third-order valence-corrected chi connectivity index (χ3v) is 1.71. The van der Waals surface area contributed by atoms with Gasteiger partial charge in [-0.3, -0.25) is 0 Å². The standard InChI is InChI=1S/C9H11F3N2/c10-6-2-1-3-7(13)9(6)14-5-4-8(11)12/h1-3,8,14H,4-5,13H2. The molecule has 0 saturated heterocycles. The van der Waals surface area contributed by atoms with Crippen LogP contribution in [0, 0.1) is 5.82 Å². The number of hydrogen-bond acceptors (Lipinski definition) is 2. The van der Waals surface area contributed by atoms with Crippen molar-refractivity contribution in [3.63, 3.8) is 0 Å². The molecule has 0 aliphatic rings. The molecule has 0 atom stereocenters. The third-order valence-electron chi connectivity index (χ3n) is 1.71. The van der Waals surface area contributed by atoms with Crippen LogP contribution in [0.1, 0.15) is 6.42 Å². The fraction of sp³-hybridized carbons (Fsp3) is 0.333. The molecule has 1 aromatic carbocycles. The summed E-state index contributed by atoms with van der Waals surface area (Å²) in [4.78, 5) is 0. The number of nitrogens with two attached hydrogens (primary N) is 1. The molecule has 0 amide bonds. The summed E-state index contributed by atoms with van der Waals surface area (Å²) in [5.74, 6) is -0.528. The second-order valence-electron chi connectivity index (χ2n) is 2.81. The van der Waals surface area contributed by atoms with E-state index < -0.39 is 12.2 Å². The molecule has 0 aliphatic carbocycles. The Balaban J connectivity index is 2.58. The SMILES string of the molecule is Nc1cccc(F)c1NCCC(F)F. The van der Waals surface area contributed by atoms with E-state index in [1.54, 1.807) is 0 Å². The van der Waals surface area contributed by atoms with Gasteiger partial charge in [-0.1, -0.05) is 6.07 Å². The zero-order valence-electron chi connectivity index (χ0n) is 7.43. The molecule has 1 rings (SSSR count). The van der Waals surface area contributed by atoms with Gasteiger partial charge in [-0.25, -0.2) is 13.2 Å². The van der Waals surface area contributed by atoms with Crippen molar-refractivity contribution < 1.29 is 13.2 Å². The molecule has 1 aromatic rings. The lowest BCUT2D eigenvalue weighted by atomic mass is 10.2. The quantitative estimate of drug-likeness (QED) is 0.739. The highest BCUT2D eigenvalue weighted by molar-refractivity contribution is 5.66. The number of anilines is 2. The van der Waals surface area contributed by atoms with Crippen LogP contribution in [0.2, 0.25) is 0 Å². The van der Waals surface area contributed by atoms with Crippen molar-refractivity contribution >= 4 is 11.4 Å². The second-order valence-corrected chi connectivity index (χ2v) is 2.81. The first-order valence-corrected chi connectivity index (χ1v) is 4.17. The summed E-state index contributed by atoms with van der Waals surface area (Å²) in [7, 11) is 0. The average Bonchev–Trinajstić information content (AvgIpc) is 2.09. The minimum atomic E-state index is -2.39. The number of nitrogen functional groups attached to an aromatic ring is 1. The summed E-state index contributed by atoms with van der Waals surface area (Å²) in [6.45, 7) is 0.00278. The Kier molecular flexibility index (Phi) is 3.62. The van der Waals surface area contributed by atoms with Gasteiger partial charge in [0.2, 0.25) is 6.43 Å². The number of nitrogens with one attached hydrogen (secondary N) is 1. The van der Waals surface area contributed by atoms with Crippen molar-refractivity contribution in [2.24, 2.45) is 0 Å². The van der Waals surface area contributed by atoms with Gasteiger partial charge >= 0.3 is 0 Å². The topological polar surface area (TPSA) is 38.0 Å². The van der Waals surface area contributed by atoms with Crippen LogP contribution in [0.4, 0.5) is 24.5 Å². The lowest BCUT2D eigenvalue weighted by Gasteiger charge is -2.09. The number of rotatable bonds is 4. The molecule has 0 unspecified atom stereocenters. The molecule has 0 bridgehead atoms. The van der Waals surface area contributed by atoms with E-state index in [9.17, 15) is 13.2 Å². The monoisotopic (exact) mass is 204 g/mol. The molecule has 0 fully saturated rings. The van der Waals surface area contributed by atoms with E-state index in [4.69, 9.17) is 5.73 Å². The highest BCUT2D eigenvalue weighted by Crippen LogP contribution is 2.21. The van der Waals surface area contributed by atoms with Gasteiger partial charge in [0, 0.05) is 13.0 Å². The second kappa shape index (κ2) is 4.74. The van der Waals surface area contributed by atoms with Crippen LogP contribution < -0.4 is 11.1 Å². The van der Waals surface area contributed by atoms with Crippen LogP contribution in [0.3, 0.4) is 0 Å². The fourth-order valence-corrected chi connectivity index (χ4v) is 1.03. The molecule has 3 N–H and O–H groups in total. The van der Waals surface area contributed by atoms with E-state index in [2.05, 4.69) is 5.32 Å². The maximum atomic E-state index is 13.0. The highest BCUT2D eigenvalue weighted by Gasteiger charge is 2.06. The number of hydrogen-bond donors (Lipinski definition) is 2. The van der Waals surface area contributed by atoms with Gasteiger partial charge in [0.1, 0.15) is 5.82 Å². The minimum Gasteiger partial charge on any atom is -0.397 e. The lowest BCUT2D eigenvalue weighted by molar-refractivity contribution is 0.142. The Morgan fingerprint density at radius 2 is 2.07 bits per heavy atom. The molecular weight excluding hydrogens is 193 g/mol. The summed E-state index contributed by atoms with van der Waals surface area (Å²) in [6.07, 6.45) is -2.72. The average molecular weight is 204 g/mol. The lowest BCUT2D eigenvalue weighted by Crippen LogP contribution is -2.09. The van der Waals surface area contributed by atoms with Crippen LogP contribution in [0.25, 0.3) is 0 Å². The molecule has 0 saturated carbocycles. The zero-order chi connectivity index (χ0) is 10.6. The maximum Gasteiger partial charge on any atom is 0.240 e. The largest absolute Gasteiger partial charge is 0.397 e. The van der Waals surface area contributed by atoms with E-state index in [0.29, 0.717) is 0 Å². The molecule has 14 heavy (non-hydrogen) atoms. The van der Waals surface area contributed by atoms with Crippen LogP contribution in [-0.4, -0.2) is 13.0 Å². The van der Waals surface area contributed by atoms with Crippen LogP contribution >= 0.6 is 0 Å². The summed E-state index contributed by atoms with van der Waals surface area (Å²) < 4.78 is 36.6. The molecule has 0 heterocycles. The number of para-hydroxylation sites is 1. The Labute approximate surface area is 79.9 Å². The first kappa shape index (κ1) is 10.7. The number of alkyl halides is 2. The van der Waals surface area contributed by atoms with E-state index in [1.807, 2.05) is 0 Å². The molecule has 5 heteroatoms. The molecule has 0 aliphatic heterocycles. The first-order chi connectivity index (χ1) is 6.61. The van der Waals surface area contributed by atoms with Crippen LogP contribution in [0.5, 0.6) is 0 Å². The smallest absolute Gasteiger partial charge is 0.240 e. The van der Waals surface area contributed by atoms with Crippen molar-refractivity contribution in [1.82, 2.24) is 0 Å². The summed E-state index contributed by atoms with van der Waals surface area (Å²) in [5.41, 5.74) is 5.76. The van der Waals surface area contributed by atoms with Gasteiger partial charge in [-0.15, -0.1) is 0 Å². The van der Waals surface area contributed by atoms with E-state index >= 15 is 0 Å². The van der Waals surface area contributed by atoms with E-state index in [-0.39, 0.29) is 24.3 Å². The molecule has 2 nitrogen and oxygen atoms in total. The van der Waals surface area contributed by atoms with Crippen molar-refractivity contribution in [2.45, 2.75) is 12.8 Å². The molecule has 0 spiro atoms. The normalized spacial score (nSPS) is 10.6. The Morgan fingerprint density at radius 3 is 2.64 bits per heavy atom. The van der Waals surface area contributed by atoms with Gasteiger partial charge in [-0.05, 0) is 12.1 Å². The first-order valence-electron chi connectivity index (χ1n) is 4.17. The third kappa shape index (κ3) is 2.83. The minimum absolute atomic E-state index is 0.00278. The van der Waals surface area contributed by atoms with Gasteiger partial charge < -0.3 is 11.1 Å². The molecule has 78 valence electrons. The number of benzene rings is 1. The predicted octanol–water partition coefficient (Wildman–Crippen LogP) is 2.48. The molecule has 0 aromatic heterocycles. The zero-order valence-corrected chi connectivity index (χ0v) is 7.43. The Hall–Kier alpha value is -1.39. The molecular formula is C9H11F3N2. The van der Waals surface area contributed by atoms with Crippen molar-refractivity contribution in [3.8, 4) is 0 Å². The highest BCUT2D eigenvalue weighted by atomic mass is 19.3. The van der Waals surface area contributed by atoms with Crippen LogP contribution in [0.15, 0.2) is 18.2 Å². The predicted molar refractivity (Wildman–Crippen MR) is 49.9 cm³/mol. The fourth-order valence-electron chi connectivity index (χ4n) is 1.03. The van der Waals surface area contributed by atoms with E-state index in [0.717, 1.165) is 0 Å². The van der Waals surface area contributed by atoms with Crippen molar-refractivity contribution in [3.05, 3.63) is 24.0 Å². The Morgan fingerprint density at radius 1 is 1.36 bits per heavy atom. The van der Waals surface area contributed by atoms with Crippen LogP contribution in [-0.2, 0) is 0 Å². The van der Waals surface area contributed by atoms with E-state index in [1.165, 1.54) is 18.2 Å². The molecule has 0 radical (unpaired) electrons. The van der Waals surface area contributed by atoms with Gasteiger partial charge in [-0.2, -0.15) is 0 Å². The summed E-state index contributed by atoms with van der Waals surface area (Å²) in [6, 6.07) is 4.19. The Bertz CT molecular complexity index is 282. The maximum absolute atomic E-state index is 13.0.